The lowest BCUT2D eigenvalue weighted by Gasteiger charge is -2.27. The number of hydrogen-bond acceptors (Lipinski definition) is 2. The fourth-order valence-corrected chi connectivity index (χ4v) is 2.02. The van der Waals surface area contributed by atoms with E-state index in [9.17, 15) is 0 Å². The fourth-order valence-electron chi connectivity index (χ4n) is 2.02. The van der Waals surface area contributed by atoms with E-state index in [1.165, 1.54) is 11.1 Å². The van der Waals surface area contributed by atoms with Gasteiger partial charge >= 0.3 is 0 Å². The van der Waals surface area contributed by atoms with Crippen molar-refractivity contribution >= 4 is 0 Å². The lowest BCUT2D eigenvalue weighted by atomic mass is 9.97. The van der Waals surface area contributed by atoms with E-state index in [1.807, 2.05) is 6.08 Å². The van der Waals surface area contributed by atoms with Crippen molar-refractivity contribution in [1.29, 1.82) is 0 Å². The zero-order chi connectivity index (χ0) is 11.4. The predicted octanol–water partition coefficient (Wildman–Crippen LogP) is 2.46. The van der Waals surface area contributed by atoms with Crippen molar-refractivity contribution in [3.8, 4) is 0 Å². The van der Waals surface area contributed by atoms with Gasteiger partial charge in [0.1, 0.15) is 0 Å². The van der Waals surface area contributed by atoms with E-state index in [0.29, 0.717) is 6.04 Å². The summed E-state index contributed by atoms with van der Waals surface area (Å²) in [6.07, 6.45) is 3.13. The molecule has 1 aliphatic heterocycles. The normalized spacial score (nSPS) is 21.2. The maximum absolute atomic E-state index is 5.80. The summed E-state index contributed by atoms with van der Waals surface area (Å²) in [6, 6.07) is 8.87. The third kappa shape index (κ3) is 2.52. The van der Waals surface area contributed by atoms with Crippen molar-refractivity contribution in [2.24, 2.45) is 0 Å². The van der Waals surface area contributed by atoms with Gasteiger partial charge in [-0.2, -0.15) is 0 Å². The van der Waals surface area contributed by atoms with Crippen LogP contribution in [0.1, 0.15) is 24.2 Å². The van der Waals surface area contributed by atoms with Gasteiger partial charge in [-0.15, -0.1) is 6.58 Å². The van der Waals surface area contributed by atoms with Gasteiger partial charge in [0, 0.05) is 12.6 Å². The van der Waals surface area contributed by atoms with Crippen molar-refractivity contribution in [2.75, 3.05) is 13.2 Å². The van der Waals surface area contributed by atoms with Crippen molar-refractivity contribution in [3.63, 3.8) is 0 Å². The molecule has 0 radical (unpaired) electrons. The lowest BCUT2D eigenvalue weighted by Crippen LogP contribution is -2.32. The quantitative estimate of drug-likeness (QED) is 0.782. The number of benzene rings is 1. The second-order valence-corrected chi connectivity index (χ2v) is 4.24. The first-order valence-corrected chi connectivity index (χ1v) is 5.86. The molecule has 1 N–H and O–H groups in total. The SMILES string of the molecule is C=CC(C)NCC1OCCc2ccccc21. The topological polar surface area (TPSA) is 21.3 Å². The van der Waals surface area contributed by atoms with Gasteiger partial charge in [0.15, 0.2) is 0 Å². The molecule has 16 heavy (non-hydrogen) atoms. The van der Waals surface area contributed by atoms with Crippen molar-refractivity contribution in [1.82, 2.24) is 5.32 Å². The van der Waals surface area contributed by atoms with Crippen LogP contribution in [0.2, 0.25) is 0 Å². The van der Waals surface area contributed by atoms with Crippen molar-refractivity contribution < 1.29 is 4.74 Å². The largest absolute Gasteiger partial charge is 0.372 e. The highest BCUT2D eigenvalue weighted by atomic mass is 16.5. The Labute approximate surface area is 97.3 Å². The Morgan fingerprint density at radius 1 is 1.56 bits per heavy atom. The first-order chi connectivity index (χ1) is 7.81. The van der Waals surface area contributed by atoms with Crippen LogP contribution < -0.4 is 5.32 Å². The van der Waals surface area contributed by atoms with Gasteiger partial charge in [-0.1, -0.05) is 30.3 Å². The average Bonchev–Trinajstić information content (AvgIpc) is 2.35. The molecule has 1 aromatic rings. The number of hydrogen-bond donors (Lipinski definition) is 1. The highest BCUT2D eigenvalue weighted by molar-refractivity contribution is 5.31. The smallest absolute Gasteiger partial charge is 0.0952 e. The Morgan fingerprint density at radius 2 is 2.38 bits per heavy atom. The number of fused-ring (bicyclic) bond motifs is 1. The van der Waals surface area contributed by atoms with E-state index in [0.717, 1.165) is 19.6 Å². The maximum atomic E-state index is 5.80. The second kappa shape index (κ2) is 5.28. The van der Waals surface area contributed by atoms with Crippen LogP contribution in [0.3, 0.4) is 0 Å². The minimum absolute atomic E-state index is 0.187. The maximum Gasteiger partial charge on any atom is 0.0952 e. The van der Waals surface area contributed by atoms with Crippen LogP contribution in [-0.4, -0.2) is 19.2 Å². The second-order valence-electron chi connectivity index (χ2n) is 4.24. The summed E-state index contributed by atoms with van der Waals surface area (Å²) in [5.74, 6) is 0. The molecule has 2 unspecified atom stereocenters. The lowest BCUT2D eigenvalue weighted by molar-refractivity contribution is 0.0418. The summed E-state index contributed by atoms with van der Waals surface area (Å²) < 4.78 is 5.80. The molecule has 0 fully saturated rings. The van der Waals surface area contributed by atoms with E-state index in [2.05, 4.69) is 43.1 Å². The Kier molecular flexibility index (Phi) is 3.75. The van der Waals surface area contributed by atoms with Gasteiger partial charge in [0.2, 0.25) is 0 Å². The molecule has 0 aliphatic carbocycles. The summed E-state index contributed by atoms with van der Waals surface area (Å²) in [4.78, 5) is 0. The molecule has 1 aliphatic rings. The molecule has 0 aromatic heterocycles. The predicted molar refractivity (Wildman–Crippen MR) is 66.5 cm³/mol. The minimum atomic E-state index is 0.187. The van der Waals surface area contributed by atoms with Crippen LogP contribution in [0.15, 0.2) is 36.9 Å². The third-order valence-corrected chi connectivity index (χ3v) is 3.07. The van der Waals surface area contributed by atoms with Crippen molar-refractivity contribution in [2.45, 2.75) is 25.5 Å². The van der Waals surface area contributed by atoms with Gasteiger partial charge in [0.05, 0.1) is 12.7 Å². The molecule has 0 spiro atoms. The number of rotatable bonds is 4. The summed E-state index contributed by atoms with van der Waals surface area (Å²) in [5.41, 5.74) is 2.75. The summed E-state index contributed by atoms with van der Waals surface area (Å²) in [6.45, 7) is 7.54. The Hall–Kier alpha value is -1.12. The van der Waals surface area contributed by atoms with Crippen LogP contribution in [0, 0.1) is 0 Å². The molecule has 2 rings (SSSR count). The van der Waals surface area contributed by atoms with Crippen LogP contribution in [-0.2, 0) is 11.2 Å². The number of nitrogens with one attached hydrogen (secondary N) is 1. The van der Waals surface area contributed by atoms with Crippen LogP contribution >= 0.6 is 0 Å². The van der Waals surface area contributed by atoms with Crippen LogP contribution in [0.5, 0.6) is 0 Å². The average molecular weight is 217 g/mol. The molecular weight excluding hydrogens is 198 g/mol. The Balaban J connectivity index is 2.04. The molecule has 2 heteroatoms. The summed E-state index contributed by atoms with van der Waals surface area (Å²) in [5, 5.41) is 3.40. The highest BCUT2D eigenvalue weighted by Crippen LogP contribution is 2.26. The van der Waals surface area contributed by atoms with E-state index in [4.69, 9.17) is 4.74 Å². The van der Waals surface area contributed by atoms with E-state index in [1.54, 1.807) is 0 Å². The Morgan fingerprint density at radius 3 is 3.19 bits per heavy atom. The molecule has 0 saturated carbocycles. The minimum Gasteiger partial charge on any atom is -0.372 e. The van der Waals surface area contributed by atoms with Gasteiger partial charge in [0.25, 0.3) is 0 Å². The molecule has 0 amide bonds. The zero-order valence-corrected chi connectivity index (χ0v) is 9.78. The molecule has 0 bridgehead atoms. The van der Waals surface area contributed by atoms with Gasteiger partial charge < -0.3 is 10.1 Å². The monoisotopic (exact) mass is 217 g/mol. The summed E-state index contributed by atoms with van der Waals surface area (Å²) >= 11 is 0. The van der Waals surface area contributed by atoms with Crippen molar-refractivity contribution in [3.05, 3.63) is 48.0 Å². The van der Waals surface area contributed by atoms with E-state index >= 15 is 0 Å². The van der Waals surface area contributed by atoms with Gasteiger partial charge in [-0.05, 0) is 24.5 Å². The fraction of sp³-hybridized carbons (Fsp3) is 0.429. The first-order valence-electron chi connectivity index (χ1n) is 5.86. The molecule has 1 heterocycles. The zero-order valence-electron chi connectivity index (χ0n) is 9.78. The van der Waals surface area contributed by atoms with Gasteiger partial charge in [-0.25, -0.2) is 0 Å². The molecule has 0 saturated heterocycles. The third-order valence-electron chi connectivity index (χ3n) is 3.07. The van der Waals surface area contributed by atoms with Gasteiger partial charge in [-0.3, -0.25) is 0 Å². The summed E-state index contributed by atoms with van der Waals surface area (Å²) in [7, 11) is 0. The molecule has 2 nitrogen and oxygen atoms in total. The van der Waals surface area contributed by atoms with E-state index < -0.39 is 0 Å². The van der Waals surface area contributed by atoms with Crippen LogP contribution in [0.4, 0.5) is 0 Å². The first kappa shape index (κ1) is 11.4. The highest BCUT2D eigenvalue weighted by Gasteiger charge is 2.19. The van der Waals surface area contributed by atoms with Crippen LogP contribution in [0.25, 0.3) is 0 Å². The molecule has 2 atom stereocenters. The number of ether oxygens (including phenoxy) is 1. The molecule has 1 aromatic carbocycles. The molecular formula is C14H19NO. The molecule has 86 valence electrons. The standard InChI is InChI=1S/C14H19NO/c1-3-11(2)15-10-14-13-7-5-4-6-12(13)8-9-16-14/h3-7,11,14-15H,1,8-10H2,2H3. The van der Waals surface area contributed by atoms with E-state index in [-0.39, 0.29) is 6.10 Å². The Bertz CT molecular complexity index is 362.